The van der Waals surface area contributed by atoms with Crippen LogP contribution < -0.4 is 26.2 Å². The van der Waals surface area contributed by atoms with E-state index in [0.717, 1.165) is 37.0 Å². The molecule has 0 aliphatic heterocycles. The van der Waals surface area contributed by atoms with Gasteiger partial charge in [0.05, 0.1) is 7.11 Å². The molecule has 0 aromatic heterocycles. The van der Waals surface area contributed by atoms with Gasteiger partial charge in [-0.1, -0.05) is 31.4 Å². The summed E-state index contributed by atoms with van der Waals surface area (Å²) in [5, 5.41) is 5.31. The van der Waals surface area contributed by atoms with Gasteiger partial charge in [-0.2, -0.15) is 0 Å². The molecule has 178 valence electrons. The number of hydrogen-bond donors (Lipinski definition) is 4. The van der Waals surface area contributed by atoms with Crippen LogP contribution in [-0.2, 0) is 9.59 Å². The monoisotopic (exact) mass is 480 g/mol. The van der Waals surface area contributed by atoms with Crippen LogP contribution in [-0.4, -0.2) is 29.9 Å². The first kappa shape index (κ1) is 24.9. The van der Waals surface area contributed by atoms with E-state index in [0.29, 0.717) is 11.3 Å². The summed E-state index contributed by atoms with van der Waals surface area (Å²) in [7, 11) is 1.58. The fourth-order valence-corrected chi connectivity index (χ4v) is 3.72. The Morgan fingerprint density at radius 3 is 2.26 bits per heavy atom. The van der Waals surface area contributed by atoms with E-state index < -0.39 is 11.8 Å². The number of hydrazine groups is 1. The topological polar surface area (TPSA) is 109 Å². The number of carbonyl (C=O) groups excluding carboxylic acids is 3. The van der Waals surface area contributed by atoms with Crippen molar-refractivity contribution in [1.29, 1.82) is 0 Å². The van der Waals surface area contributed by atoms with E-state index in [4.69, 9.17) is 17.0 Å². The molecule has 3 amide bonds. The lowest BCUT2D eigenvalue weighted by molar-refractivity contribution is -0.120. The Morgan fingerprint density at radius 1 is 0.941 bits per heavy atom. The van der Waals surface area contributed by atoms with E-state index in [1.807, 2.05) is 12.1 Å². The molecule has 4 N–H and O–H groups in total. The highest BCUT2D eigenvalue weighted by atomic mass is 32.1. The lowest BCUT2D eigenvalue weighted by atomic mass is 9.88. The normalized spacial score (nSPS) is 13.7. The fraction of sp³-hybridized carbons (Fsp3) is 0.280. The molecule has 1 aliphatic rings. The molecule has 9 heteroatoms. The highest BCUT2D eigenvalue weighted by Gasteiger charge is 2.21. The second kappa shape index (κ2) is 12.5. The van der Waals surface area contributed by atoms with Gasteiger partial charge in [-0.05, 0) is 73.1 Å². The van der Waals surface area contributed by atoms with E-state index in [1.165, 1.54) is 12.5 Å². The molecule has 0 bridgehead atoms. The van der Waals surface area contributed by atoms with Gasteiger partial charge in [-0.25, -0.2) is 0 Å². The number of methoxy groups -OCH3 is 1. The van der Waals surface area contributed by atoms with E-state index in [-0.39, 0.29) is 16.9 Å². The lowest BCUT2D eigenvalue weighted by Crippen LogP contribution is -2.48. The maximum absolute atomic E-state index is 12.3. The van der Waals surface area contributed by atoms with Crippen LogP contribution in [0.1, 0.15) is 48.0 Å². The number of hydrogen-bond acceptors (Lipinski definition) is 5. The van der Waals surface area contributed by atoms with E-state index in [2.05, 4.69) is 21.5 Å². The molecule has 3 rings (SSSR count). The zero-order valence-corrected chi connectivity index (χ0v) is 19.7. The van der Waals surface area contributed by atoms with Crippen LogP contribution >= 0.6 is 12.2 Å². The number of anilines is 1. The minimum absolute atomic E-state index is 0.0284. The number of carbonyl (C=O) groups is 3. The van der Waals surface area contributed by atoms with Gasteiger partial charge < -0.3 is 10.1 Å². The molecule has 0 atom stereocenters. The van der Waals surface area contributed by atoms with Gasteiger partial charge in [0.1, 0.15) is 5.75 Å². The third-order valence-corrected chi connectivity index (χ3v) is 5.66. The highest BCUT2D eigenvalue weighted by Crippen LogP contribution is 2.25. The van der Waals surface area contributed by atoms with Crippen molar-refractivity contribution in [2.24, 2.45) is 5.92 Å². The molecular formula is C25H28N4O4S. The summed E-state index contributed by atoms with van der Waals surface area (Å²) in [5.41, 5.74) is 6.76. The second-order valence-electron chi connectivity index (χ2n) is 7.91. The SMILES string of the molecule is COc1ccc(C=CC(=O)NC(=S)NNC(=O)c2ccc(NC(=O)C3CCCCC3)cc2)cc1. The van der Waals surface area contributed by atoms with Crippen molar-refractivity contribution in [2.75, 3.05) is 12.4 Å². The molecule has 0 heterocycles. The largest absolute Gasteiger partial charge is 0.497 e. The van der Waals surface area contributed by atoms with Gasteiger partial charge in [0.25, 0.3) is 5.91 Å². The van der Waals surface area contributed by atoms with Gasteiger partial charge in [-0.3, -0.25) is 30.6 Å². The van der Waals surface area contributed by atoms with Crippen molar-refractivity contribution in [3.63, 3.8) is 0 Å². The Balaban J connectivity index is 1.41. The van der Waals surface area contributed by atoms with Crippen molar-refractivity contribution in [3.8, 4) is 5.75 Å². The second-order valence-corrected chi connectivity index (χ2v) is 8.31. The van der Waals surface area contributed by atoms with Gasteiger partial charge in [0.2, 0.25) is 11.8 Å². The van der Waals surface area contributed by atoms with Gasteiger partial charge in [0.15, 0.2) is 5.11 Å². The quantitative estimate of drug-likeness (QED) is 0.286. The molecule has 1 fully saturated rings. The number of ether oxygens (including phenoxy) is 1. The predicted octanol–water partition coefficient (Wildman–Crippen LogP) is 3.56. The zero-order chi connectivity index (χ0) is 24.3. The summed E-state index contributed by atoms with van der Waals surface area (Å²) in [6.07, 6.45) is 8.17. The molecular weight excluding hydrogens is 452 g/mol. The Hall–Kier alpha value is -3.72. The Kier molecular flexibility index (Phi) is 9.16. The molecule has 2 aromatic carbocycles. The molecule has 1 aliphatic carbocycles. The van der Waals surface area contributed by atoms with Crippen molar-refractivity contribution in [3.05, 3.63) is 65.7 Å². The van der Waals surface area contributed by atoms with Crippen LogP contribution in [0.3, 0.4) is 0 Å². The first-order chi connectivity index (χ1) is 16.4. The number of amides is 3. The Labute approximate surface area is 204 Å². The van der Waals surface area contributed by atoms with Crippen molar-refractivity contribution in [2.45, 2.75) is 32.1 Å². The van der Waals surface area contributed by atoms with E-state index >= 15 is 0 Å². The van der Waals surface area contributed by atoms with Crippen LogP contribution in [0.2, 0.25) is 0 Å². The van der Waals surface area contributed by atoms with E-state index in [1.54, 1.807) is 49.6 Å². The first-order valence-corrected chi connectivity index (χ1v) is 11.5. The third-order valence-electron chi connectivity index (χ3n) is 5.46. The summed E-state index contributed by atoms with van der Waals surface area (Å²) in [5.74, 6) is -0.0679. The standard InChI is InChI=1S/C25H28N4O4S/c1-33-21-14-7-17(8-15-21)9-16-22(30)27-25(34)29-28-24(32)19-10-12-20(13-11-19)26-23(31)18-5-3-2-4-6-18/h7-16,18H,2-6H2,1H3,(H,26,31)(H,28,32)(H2,27,29,30,34). The highest BCUT2D eigenvalue weighted by molar-refractivity contribution is 7.80. The van der Waals surface area contributed by atoms with Crippen LogP contribution in [0.5, 0.6) is 5.75 Å². The fourth-order valence-electron chi connectivity index (χ4n) is 3.57. The van der Waals surface area contributed by atoms with Gasteiger partial charge >= 0.3 is 0 Å². The van der Waals surface area contributed by atoms with Gasteiger partial charge in [0, 0.05) is 23.2 Å². The summed E-state index contributed by atoms with van der Waals surface area (Å²) >= 11 is 5.04. The molecule has 8 nitrogen and oxygen atoms in total. The summed E-state index contributed by atoms with van der Waals surface area (Å²) in [6.45, 7) is 0. The Bertz CT molecular complexity index is 1050. The molecule has 2 aromatic rings. The van der Waals surface area contributed by atoms with Crippen LogP contribution in [0.25, 0.3) is 6.08 Å². The molecule has 0 spiro atoms. The predicted molar refractivity (Wildman–Crippen MR) is 135 cm³/mol. The zero-order valence-electron chi connectivity index (χ0n) is 18.9. The molecule has 1 saturated carbocycles. The molecule has 0 saturated heterocycles. The van der Waals surface area contributed by atoms with Crippen molar-refractivity contribution >= 4 is 46.8 Å². The maximum Gasteiger partial charge on any atom is 0.269 e. The minimum atomic E-state index is -0.444. The summed E-state index contributed by atoms with van der Waals surface area (Å²) in [6, 6.07) is 13.8. The molecule has 0 unspecified atom stereocenters. The average molecular weight is 481 g/mol. The van der Waals surface area contributed by atoms with E-state index in [9.17, 15) is 14.4 Å². The summed E-state index contributed by atoms with van der Waals surface area (Å²) < 4.78 is 5.09. The smallest absolute Gasteiger partial charge is 0.269 e. The van der Waals surface area contributed by atoms with Crippen molar-refractivity contribution < 1.29 is 19.1 Å². The van der Waals surface area contributed by atoms with Gasteiger partial charge in [-0.15, -0.1) is 0 Å². The molecule has 0 radical (unpaired) electrons. The lowest BCUT2D eigenvalue weighted by Gasteiger charge is -2.20. The van der Waals surface area contributed by atoms with Crippen LogP contribution in [0.15, 0.2) is 54.6 Å². The average Bonchev–Trinajstić information content (AvgIpc) is 2.87. The van der Waals surface area contributed by atoms with Crippen molar-refractivity contribution in [1.82, 2.24) is 16.2 Å². The number of nitrogens with one attached hydrogen (secondary N) is 4. The maximum atomic E-state index is 12.3. The summed E-state index contributed by atoms with van der Waals surface area (Å²) in [4.78, 5) is 36.7. The number of rotatable bonds is 6. The minimum Gasteiger partial charge on any atom is -0.497 e. The number of thiocarbonyl (C=S) groups is 1. The number of benzene rings is 2. The third kappa shape index (κ3) is 7.70. The van der Waals surface area contributed by atoms with Crippen LogP contribution in [0.4, 0.5) is 5.69 Å². The first-order valence-electron chi connectivity index (χ1n) is 11.1. The molecule has 34 heavy (non-hydrogen) atoms. The Morgan fingerprint density at radius 2 is 1.62 bits per heavy atom. The van der Waals surface area contributed by atoms with Crippen LogP contribution in [0, 0.1) is 5.92 Å².